The lowest BCUT2D eigenvalue weighted by Gasteiger charge is -2.08. The Balaban J connectivity index is 1.68. The van der Waals surface area contributed by atoms with Gasteiger partial charge in [-0.05, 0) is 49.9 Å². The zero-order chi connectivity index (χ0) is 15.3. The van der Waals surface area contributed by atoms with E-state index in [9.17, 15) is 8.42 Å². The molecule has 1 saturated carbocycles. The summed E-state index contributed by atoms with van der Waals surface area (Å²) in [5.74, 6) is 0.154. The van der Waals surface area contributed by atoms with Crippen LogP contribution >= 0.6 is 23.2 Å². The zero-order valence-corrected chi connectivity index (χ0v) is 14.1. The molecule has 0 aliphatic heterocycles. The highest BCUT2D eigenvalue weighted by Gasteiger charge is 2.20. The topological polar surface area (TPSA) is 58.2 Å². The number of rotatable bonds is 9. The first-order chi connectivity index (χ1) is 9.96. The highest BCUT2D eigenvalue weighted by molar-refractivity contribution is 7.89. The summed E-state index contributed by atoms with van der Waals surface area (Å²) in [5, 5.41) is 4.44. The summed E-state index contributed by atoms with van der Waals surface area (Å²) in [5.41, 5.74) is 0.888. The average Bonchev–Trinajstić information content (AvgIpc) is 3.21. The van der Waals surface area contributed by atoms with Gasteiger partial charge >= 0.3 is 0 Å². The maximum Gasteiger partial charge on any atom is 0.211 e. The molecule has 0 heterocycles. The van der Waals surface area contributed by atoms with E-state index in [4.69, 9.17) is 23.2 Å². The Kier molecular flexibility index (Phi) is 6.32. The van der Waals surface area contributed by atoms with Gasteiger partial charge in [0.2, 0.25) is 10.0 Å². The van der Waals surface area contributed by atoms with Gasteiger partial charge in [-0.2, -0.15) is 0 Å². The van der Waals surface area contributed by atoms with Crippen molar-refractivity contribution in [2.45, 2.75) is 31.7 Å². The molecule has 0 spiro atoms. The van der Waals surface area contributed by atoms with Crippen LogP contribution in [0, 0.1) is 0 Å². The Morgan fingerprint density at radius 2 is 1.95 bits per heavy atom. The van der Waals surface area contributed by atoms with Crippen molar-refractivity contribution in [3.63, 3.8) is 0 Å². The van der Waals surface area contributed by atoms with Crippen molar-refractivity contribution in [3.8, 4) is 0 Å². The second-order valence-corrected chi connectivity index (χ2v) is 8.05. The van der Waals surface area contributed by atoms with Crippen molar-refractivity contribution < 1.29 is 8.42 Å². The second-order valence-electron chi connectivity index (χ2n) is 5.28. The first-order valence-corrected chi connectivity index (χ1v) is 9.52. The quantitative estimate of drug-likeness (QED) is 0.673. The molecule has 0 radical (unpaired) electrons. The van der Waals surface area contributed by atoms with Crippen molar-refractivity contribution in [1.82, 2.24) is 10.0 Å². The van der Waals surface area contributed by atoms with E-state index in [2.05, 4.69) is 10.0 Å². The molecule has 4 nitrogen and oxygen atoms in total. The lowest BCUT2D eigenvalue weighted by molar-refractivity contribution is 0.574. The maximum absolute atomic E-state index is 11.8. The minimum atomic E-state index is -3.21. The number of sulfonamides is 1. The van der Waals surface area contributed by atoms with Gasteiger partial charge in [-0.25, -0.2) is 13.1 Å². The van der Waals surface area contributed by atoms with Crippen LogP contribution in [0.15, 0.2) is 18.2 Å². The third-order valence-electron chi connectivity index (χ3n) is 3.33. The molecule has 0 unspecified atom stereocenters. The van der Waals surface area contributed by atoms with Crippen molar-refractivity contribution in [3.05, 3.63) is 33.8 Å². The van der Waals surface area contributed by atoms with Gasteiger partial charge in [0, 0.05) is 22.6 Å². The van der Waals surface area contributed by atoms with E-state index in [1.165, 1.54) is 12.8 Å². The minimum Gasteiger partial charge on any atom is -0.314 e. The van der Waals surface area contributed by atoms with Crippen molar-refractivity contribution in [1.29, 1.82) is 0 Å². The van der Waals surface area contributed by atoms with Crippen molar-refractivity contribution in [2.75, 3.05) is 18.8 Å². The smallest absolute Gasteiger partial charge is 0.211 e. The van der Waals surface area contributed by atoms with Crippen LogP contribution in [-0.4, -0.2) is 33.3 Å². The molecule has 1 fully saturated rings. The molecule has 0 bridgehead atoms. The average molecular weight is 351 g/mol. The summed E-state index contributed by atoms with van der Waals surface area (Å²) in [6.07, 6.45) is 3.61. The van der Waals surface area contributed by atoms with E-state index < -0.39 is 10.0 Å². The van der Waals surface area contributed by atoms with Gasteiger partial charge in [-0.3, -0.25) is 0 Å². The molecule has 1 aliphatic rings. The number of hydrogen-bond donors (Lipinski definition) is 2. The lowest BCUT2D eigenvalue weighted by Crippen LogP contribution is -2.30. The Hall–Kier alpha value is -0.330. The number of nitrogens with one attached hydrogen (secondary N) is 2. The fourth-order valence-electron chi connectivity index (χ4n) is 1.99. The van der Waals surface area contributed by atoms with Crippen LogP contribution in [0.1, 0.15) is 24.8 Å². The monoisotopic (exact) mass is 350 g/mol. The molecule has 0 amide bonds. The van der Waals surface area contributed by atoms with Gasteiger partial charge in [-0.1, -0.05) is 29.3 Å². The molecule has 0 atom stereocenters. The fraction of sp³-hybridized carbons (Fsp3) is 0.571. The normalized spacial score (nSPS) is 15.3. The standard InChI is InChI=1S/C14H20Cl2N2O2S/c15-12-3-2-11(14(16)10-12)6-8-18-21(19,20)9-1-7-17-13-4-5-13/h2-3,10,13,17-18H,1,4-9H2. The summed E-state index contributed by atoms with van der Waals surface area (Å²) in [7, 11) is -3.21. The Morgan fingerprint density at radius 1 is 1.19 bits per heavy atom. The predicted octanol–water partition coefficient (Wildman–Crippen LogP) is 2.60. The second kappa shape index (κ2) is 7.79. The van der Waals surface area contributed by atoms with E-state index in [1.54, 1.807) is 12.1 Å². The molecule has 0 aromatic heterocycles. The van der Waals surface area contributed by atoms with Gasteiger partial charge in [0.05, 0.1) is 5.75 Å². The molecule has 1 aromatic carbocycles. The van der Waals surface area contributed by atoms with E-state index in [1.807, 2.05) is 6.07 Å². The predicted molar refractivity (Wildman–Crippen MR) is 87.6 cm³/mol. The highest BCUT2D eigenvalue weighted by atomic mass is 35.5. The van der Waals surface area contributed by atoms with E-state index in [0.717, 1.165) is 12.1 Å². The van der Waals surface area contributed by atoms with Gasteiger partial charge < -0.3 is 5.32 Å². The Labute approximate surface area is 136 Å². The molecule has 1 aromatic rings. The Bertz CT molecular complexity index is 574. The zero-order valence-electron chi connectivity index (χ0n) is 11.7. The minimum absolute atomic E-state index is 0.154. The summed E-state index contributed by atoms with van der Waals surface area (Å²) < 4.78 is 26.3. The first kappa shape index (κ1) is 17.0. The van der Waals surface area contributed by atoms with Crippen molar-refractivity contribution in [2.24, 2.45) is 0 Å². The SMILES string of the molecule is O=S(=O)(CCCNC1CC1)NCCc1ccc(Cl)cc1Cl. The van der Waals surface area contributed by atoms with Crippen LogP contribution in [0.3, 0.4) is 0 Å². The molecule has 21 heavy (non-hydrogen) atoms. The summed E-state index contributed by atoms with van der Waals surface area (Å²) in [4.78, 5) is 0. The summed E-state index contributed by atoms with van der Waals surface area (Å²) >= 11 is 11.9. The van der Waals surface area contributed by atoms with Crippen LogP contribution < -0.4 is 10.0 Å². The highest BCUT2D eigenvalue weighted by Crippen LogP contribution is 2.21. The largest absolute Gasteiger partial charge is 0.314 e. The molecule has 118 valence electrons. The van der Waals surface area contributed by atoms with Gasteiger partial charge in [-0.15, -0.1) is 0 Å². The van der Waals surface area contributed by atoms with Crippen molar-refractivity contribution >= 4 is 33.2 Å². The molecule has 2 rings (SSSR count). The van der Waals surface area contributed by atoms with Crippen LogP contribution in [0.25, 0.3) is 0 Å². The summed E-state index contributed by atoms with van der Waals surface area (Å²) in [6.45, 7) is 1.11. The Morgan fingerprint density at radius 3 is 2.62 bits per heavy atom. The van der Waals surface area contributed by atoms with Gasteiger partial charge in [0.1, 0.15) is 0 Å². The molecular formula is C14H20Cl2N2O2S. The number of halogens is 2. The van der Waals surface area contributed by atoms with Gasteiger partial charge in [0.15, 0.2) is 0 Å². The fourth-order valence-corrected chi connectivity index (χ4v) is 3.58. The maximum atomic E-state index is 11.8. The van der Waals surface area contributed by atoms with Crippen LogP contribution in [0.2, 0.25) is 10.0 Å². The molecule has 1 aliphatic carbocycles. The van der Waals surface area contributed by atoms with Gasteiger partial charge in [0.25, 0.3) is 0 Å². The van der Waals surface area contributed by atoms with Crippen LogP contribution in [0.5, 0.6) is 0 Å². The lowest BCUT2D eigenvalue weighted by atomic mass is 10.1. The summed E-state index contributed by atoms with van der Waals surface area (Å²) in [6, 6.07) is 5.85. The number of benzene rings is 1. The van der Waals surface area contributed by atoms with Crippen LogP contribution in [-0.2, 0) is 16.4 Å². The number of hydrogen-bond acceptors (Lipinski definition) is 3. The molecule has 7 heteroatoms. The van der Waals surface area contributed by atoms with E-state index in [-0.39, 0.29) is 5.75 Å². The third-order valence-corrected chi connectivity index (χ3v) is 5.39. The van der Waals surface area contributed by atoms with Crippen LogP contribution in [0.4, 0.5) is 0 Å². The molecular weight excluding hydrogens is 331 g/mol. The molecule has 0 saturated heterocycles. The van der Waals surface area contributed by atoms with E-state index in [0.29, 0.717) is 35.5 Å². The van der Waals surface area contributed by atoms with E-state index >= 15 is 0 Å². The third kappa shape index (κ3) is 6.53. The molecule has 2 N–H and O–H groups in total. The first-order valence-electron chi connectivity index (χ1n) is 7.11.